The van der Waals surface area contributed by atoms with Crippen molar-refractivity contribution in [1.29, 1.82) is 5.26 Å². The van der Waals surface area contributed by atoms with Crippen LogP contribution in [0.2, 0.25) is 0 Å². The Balaban J connectivity index is 1.68. The van der Waals surface area contributed by atoms with Crippen molar-refractivity contribution in [1.82, 2.24) is 3.97 Å². The zero-order valence-corrected chi connectivity index (χ0v) is 23.5. The van der Waals surface area contributed by atoms with Crippen LogP contribution in [0.4, 0.5) is 17.6 Å². The smallest absolute Gasteiger partial charge is 0.263 e. The van der Waals surface area contributed by atoms with Gasteiger partial charge in [-0.25, -0.2) is 17.6 Å². The van der Waals surface area contributed by atoms with E-state index in [-0.39, 0.29) is 27.1 Å². The Bertz CT molecular complexity index is 2080. The molecular weight excluding hydrogens is 588 g/mol. The molecule has 1 aromatic heterocycles. The van der Waals surface area contributed by atoms with E-state index in [9.17, 15) is 27.8 Å². The second kappa shape index (κ2) is 11.8. The SMILES string of the molecule is N#Cc1ccccc1-c1c(-c2cccc(-c3ccc(C=O)cc3F)c2)n([S+]([O-])c2ccc(C(F)F)cc2)c2ccc(F)cc12. The van der Waals surface area contributed by atoms with Crippen LogP contribution in [0.15, 0.2) is 114 Å². The third-order valence-electron chi connectivity index (χ3n) is 7.28. The van der Waals surface area contributed by atoms with Gasteiger partial charge in [-0.15, -0.1) is 0 Å². The molecule has 0 saturated heterocycles. The van der Waals surface area contributed by atoms with Crippen molar-refractivity contribution in [2.24, 2.45) is 0 Å². The minimum atomic E-state index is -2.71. The molecule has 0 fully saturated rings. The molecule has 0 aliphatic carbocycles. The summed E-state index contributed by atoms with van der Waals surface area (Å²) in [5.41, 5.74) is 2.95. The quantitative estimate of drug-likeness (QED) is 0.103. The van der Waals surface area contributed by atoms with E-state index in [1.807, 2.05) is 0 Å². The molecule has 216 valence electrons. The topological polar surface area (TPSA) is 68.8 Å². The maximum absolute atomic E-state index is 15.1. The van der Waals surface area contributed by atoms with Crippen molar-refractivity contribution >= 4 is 28.6 Å². The van der Waals surface area contributed by atoms with E-state index in [1.165, 1.54) is 58.6 Å². The molecule has 5 aromatic carbocycles. The van der Waals surface area contributed by atoms with Crippen LogP contribution < -0.4 is 0 Å². The summed E-state index contributed by atoms with van der Waals surface area (Å²) in [6.07, 6.45) is -2.16. The van der Waals surface area contributed by atoms with Crippen LogP contribution in [-0.4, -0.2) is 14.8 Å². The highest BCUT2D eigenvalue weighted by molar-refractivity contribution is 7.90. The van der Waals surface area contributed by atoms with E-state index >= 15 is 4.39 Å². The van der Waals surface area contributed by atoms with Crippen LogP contribution in [0.25, 0.3) is 44.4 Å². The first kappa shape index (κ1) is 28.9. The van der Waals surface area contributed by atoms with Crippen LogP contribution in [0.1, 0.15) is 27.9 Å². The number of benzene rings is 5. The third kappa shape index (κ3) is 5.15. The molecule has 4 nitrogen and oxygen atoms in total. The first-order valence-corrected chi connectivity index (χ1v) is 14.4. The van der Waals surface area contributed by atoms with Crippen molar-refractivity contribution in [3.8, 4) is 39.6 Å². The van der Waals surface area contributed by atoms with Gasteiger partial charge in [-0.05, 0) is 66.2 Å². The highest BCUT2D eigenvalue weighted by atomic mass is 32.2. The number of fused-ring (bicyclic) bond motifs is 1. The number of carbonyl (C=O) groups excluding carboxylic acids is 1. The maximum atomic E-state index is 15.1. The molecule has 1 heterocycles. The van der Waals surface area contributed by atoms with Gasteiger partial charge in [0.2, 0.25) is 0 Å². The summed E-state index contributed by atoms with van der Waals surface area (Å²) in [6.45, 7) is 0. The lowest BCUT2D eigenvalue weighted by Crippen LogP contribution is -2.14. The molecule has 0 saturated carbocycles. The van der Waals surface area contributed by atoms with Crippen LogP contribution in [0.3, 0.4) is 0 Å². The summed E-state index contributed by atoms with van der Waals surface area (Å²) < 4.78 is 72.3. The lowest BCUT2D eigenvalue weighted by atomic mass is 9.93. The van der Waals surface area contributed by atoms with Gasteiger partial charge in [0.15, 0.2) is 4.90 Å². The molecule has 0 spiro atoms. The molecule has 0 N–H and O–H groups in total. The Morgan fingerprint density at radius 1 is 0.818 bits per heavy atom. The van der Waals surface area contributed by atoms with E-state index in [0.717, 1.165) is 6.07 Å². The monoisotopic (exact) mass is 608 g/mol. The highest BCUT2D eigenvalue weighted by Gasteiger charge is 2.30. The maximum Gasteiger partial charge on any atom is 0.263 e. The summed E-state index contributed by atoms with van der Waals surface area (Å²) >= 11 is -2.03. The fraction of sp³-hybridized carbons (Fsp3) is 0.0286. The highest BCUT2D eigenvalue weighted by Crippen LogP contribution is 2.45. The minimum absolute atomic E-state index is 0.174. The number of hydrogen-bond donors (Lipinski definition) is 0. The average Bonchev–Trinajstić information content (AvgIpc) is 3.38. The lowest BCUT2D eigenvalue weighted by molar-refractivity contribution is 0.112. The Morgan fingerprint density at radius 3 is 2.27 bits per heavy atom. The van der Waals surface area contributed by atoms with Gasteiger partial charge in [0.1, 0.15) is 35.0 Å². The molecule has 0 aliphatic heterocycles. The molecule has 9 heteroatoms. The van der Waals surface area contributed by atoms with Crippen LogP contribution >= 0.6 is 0 Å². The standard InChI is InChI=1S/C35H20F4N2O2S/c36-26-11-15-32-30(18-26)33(29-7-2-1-4-25(29)19-40)34(41(32)44(43)27-12-9-22(10-13-27)35(38)39)24-6-3-5-23(17-24)28-14-8-21(20-42)16-31(28)37/h1-18,20,35H. The molecular formula is C35H20F4N2O2S. The third-order valence-corrected chi connectivity index (χ3v) is 8.67. The Morgan fingerprint density at radius 2 is 1.57 bits per heavy atom. The molecule has 44 heavy (non-hydrogen) atoms. The number of nitrogens with zero attached hydrogens (tertiary/aromatic N) is 2. The van der Waals surface area contributed by atoms with Gasteiger partial charge in [0.25, 0.3) is 6.43 Å². The molecule has 1 atom stereocenters. The van der Waals surface area contributed by atoms with Crippen molar-refractivity contribution in [3.05, 3.63) is 138 Å². The Labute approximate surface area is 252 Å². The summed E-state index contributed by atoms with van der Waals surface area (Å²) in [6, 6.07) is 28.8. The number of alkyl halides is 2. The van der Waals surface area contributed by atoms with Crippen LogP contribution in [0, 0.1) is 23.0 Å². The van der Waals surface area contributed by atoms with Crippen LogP contribution in [0.5, 0.6) is 0 Å². The van der Waals surface area contributed by atoms with E-state index in [2.05, 4.69) is 6.07 Å². The van der Waals surface area contributed by atoms with Crippen LogP contribution in [-0.2, 0) is 11.4 Å². The fourth-order valence-electron chi connectivity index (χ4n) is 5.25. The number of halogens is 4. The summed E-state index contributed by atoms with van der Waals surface area (Å²) in [5.74, 6) is -1.18. The fourth-order valence-corrected chi connectivity index (χ4v) is 6.53. The molecule has 0 aliphatic rings. The van der Waals surface area contributed by atoms with Crippen molar-refractivity contribution in [2.75, 3.05) is 0 Å². The number of carbonyl (C=O) groups is 1. The van der Waals surface area contributed by atoms with E-state index < -0.39 is 29.4 Å². The summed E-state index contributed by atoms with van der Waals surface area (Å²) in [7, 11) is 0. The second-order valence-corrected chi connectivity index (χ2v) is 11.2. The molecule has 0 amide bonds. The van der Waals surface area contributed by atoms with Crippen molar-refractivity contribution in [2.45, 2.75) is 11.3 Å². The first-order valence-electron chi connectivity index (χ1n) is 13.3. The molecule has 6 rings (SSSR count). The number of rotatable bonds is 7. The van der Waals surface area contributed by atoms with Gasteiger partial charge in [0.05, 0.1) is 17.1 Å². The number of nitriles is 1. The first-order chi connectivity index (χ1) is 21.3. The summed E-state index contributed by atoms with van der Waals surface area (Å²) in [4.78, 5) is 11.4. The average molecular weight is 609 g/mol. The number of aldehydes is 1. The van der Waals surface area contributed by atoms with Gasteiger partial charge in [-0.1, -0.05) is 48.5 Å². The second-order valence-electron chi connectivity index (χ2n) is 9.89. The lowest BCUT2D eigenvalue weighted by Gasteiger charge is -2.17. The van der Waals surface area contributed by atoms with Crippen molar-refractivity contribution in [3.63, 3.8) is 0 Å². The predicted octanol–water partition coefficient (Wildman–Crippen LogP) is 9.11. The number of hydrogen-bond acceptors (Lipinski definition) is 3. The molecule has 1 unspecified atom stereocenters. The number of aromatic nitrogens is 1. The van der Waals surface area contributed by atoms with Gasteiger partial charge in [0, 0.05) is 38.8 Å². The van der Waals surface area contributed by atoms with Gasteiger partial charge in [-0.2, -0.15) is 9.23 Å². The van der Waals surface area contributed by atoms with E-state index in [1.54, 1.807) is 48.5 Å². The van der Waals surface area contributed by atoms with E-state index in [4.69, 9.17) is 0 Å². The molecule has 0 bridgehead atoms. The zero-order chi connectivity index (χ0) is 31.0. The van der Waals surface area contributed by atoms with E-state index in [0.29, 0.717) is 45.1 Å². The normalized spacial score (nSPS) is 11.9. The predicted molar refractivity (Wildman–Crippen MR) is 161 cm³/mol. The minimum Gasteiger partial charge on any atom is -0.587 e. The zero-order valence-electron chi connectivity index (χ0n) is 22.7. The largest absolute Gasteiger partial charge is 0.587 e. The van der Waals surface area contributed by atoms with Crippen molar-refractivity contribution < 1.29 is 26.9 Å². The van der Waals surface area contributed by atoms with Gasteiger partial charge in [-0.3, -0.25) is 4.79 Å². The summed E-state index contributed by atoms with van der Waals surface area (Å²) in [5, 5.41) is 10.3. The Hall–Kier alpha value is -5.17. The van der Waals surface area contributed by atoms with Gasteiger partial charge >= 0.3 is 0 Å². The molecule has 0 radical (unpaired) electrons. The molecule has 6 aromatic rings. The van der Waals surface area contributed by atoms with Gasteiger partial charge < -0.3 is 4.55 Å². The Kier molecular flexibility index (Phi) is 7.78.